The van der Waals surface area contributed by atoms with Crippen LogP contribution in [0.4, 0.5) is 24.5 Å². The molecule has 0 radical (unpaired) electrons. The third kappa shape index (κ3) is 6.54. The van der Waals surface area contributed by atoms with Crippen LogP contribution in [-0.2, 0) is 0 Å². The van der Waals surface area contributed by atoms with Crippen molar-refractivity contribution in [2.24, 2.45) is 0 Å². The van der Waals surface area contributed by atoms with Crippen molar-refractivity contribution in [1.82, 2.24) is 20.1 Å². The number of piperazine rings is 1. The summed E-state index contributed by atoms with van der Waals surface area (Å²) in [6.45, 7) is 7.28. The summed E-state index contributed by atoms with van der Waals surface area (Å²) in [7, 11) is 0. The summed E-state index contributed by atoms with van der Waals surface area (Å²) in [5, 5.41) is 8.32. The summed E-state index contributed by atoms with van der Waals surface area (Å²) in [4.78, 5) is 6.19. The summed E-state index contributed by atoms with van der Waals surface area (Å²) >= 11 is 1.44. The fraction of sp³-hybridized carbons (Fsp3) is 0.355. The van der Waals surface area contributed by atoms with Crippen molar-refractivity contribution in [3.05, 3.63) is 78.5 Å². The molecule has 216 valence electrons. The monoisotopic (exact) mass is 580 g/mol. The van der Waals surface area contributed by atoms with Gasteiger partial charge in [0.15, 0.2) is 11.6 Å². The minimum Gasteiger partial charge on any atom is -0.369 e. The molecule has 0 amide bonds. The molecule has 6 rings (SSSR count). The fourth-order valence-electron chi connectivity index (χ4n) is 5.23. The minimum absolute atomic E-state index is 0.0560. The number of hydrogen-bond acceptors (Lipinski definition) is 6. The van der Waals surface area contributed by atoms with E-state index in [-0.39, 0.29) is 16.9 Å². The van der Waals surface area contributed by atoms with Crippen LogP contribution in [-0.4, -0.2) is 46.2 Å². The van der Waals surface area contributed by atoms with Crippen molar-refractivity contribution >= 4 is 23.3 Å². The Bertz CT molecular complexity index is 1450. The number of nitrogens with one attached hydrogen (secondary N) is 2. The molecule has 10 heteroatoms. The number of aromatic nitrogens is 3. The Labute approximate surface area is 243 Å². The van der Waals surface area contributed by atoms with E-state index in [2.05, 4.69) is 25.0 Å². The first-order valence-electron chi connectivity index (χ1n) is 14.2. The lowest BCUT2D eigenvalue weighted by atomic mass is 10.0. The second kappa shape index (κ2) is 13.4. The van der Waals surface area contributed by atoms with E-state index in [4.69, 9.17) is 0 Å². The number of hydrogen-bond donors (Lipinski definition) is 2. The Kier molecular flexibility index (Phi) is 9.51. The molecule has 0 unspecified atom stereocenters. The highest BCUT2D eigenvalue weighted by Crippen LogP contribution is 2.38. The van der Waals surface area contributed by atoms with E-state index < -0.39 is 17.5 Å². The predicted molar refractivity (Wildman–Crippen MR) is 162 cm³/mol. The van der Waals surface area contributed by atoms with Gasteiger partial charge < -0.3 is 14.9 Å². The molecule has 1 aliphatic carbocycles. The zero-order valence-electron chi connectivity index (χ0n) is 23.3. The number of anilines is 2. The third-order valence-electron chi connectivity index (χ3n) is 7.29. The predicted octanol–water partition coefficient (Wildman–Crippen LogP) is 7.46. The zero-order valence-corrected chi connectivity index (χ0v) is 24.2. The molecule has 2 aliphatic rings. The first kappa shape index (κ1) is 29.0. The Morgan fingerprint density at radius 1 is 0.927 bits per heavy atom. The van der Waals surface area contributed by atoms with Crippen LogP contribution in [0.15, 0.2) is 61.1 Å². The summed E-state index contributed by atoms with van der Waals surface area (Å²) in [6.07, 6.45) is 9.18. The van der Waals surface area contributed by atoms with E-state index in [0.717, 1.165) is 63.6 Å². The number of benzene rings is 2. The average Bonchev–Trinajstić information content (AvgIpc) is 3.70. The lowest BCUT2D eigenvalue weighted by molar-refractivity contribution is 0.582. The van der Waals surface area contributed by atoms with E-state index in [0.29, 0.717) is 22.1 Å². The van der Waals surface area contributed by atoms with Gasteiger partial charge in [-0.3, -0.25) is 4.98 Å². The van der Waals surface area contributed by atoms with Gasteiger partial charge in [-0.15, -0.1) is 0 Å². The van der Waals surface area contributed by atoms with Gasteiger partial charge in [-0.05, 0) is 61.2 Å². The van der Waals surface area contributed by atoms with E-state index >= 15 is 8.78 Å². The van der Waals surface area contributed by atoms with Crippen LogP contribution in [0.25, 0.3) is 28.1 Å². The lowest BCUT2D eigenvalue weighted by Crippen LogP contribution is -2.43. The molecule has 2 N–H and O–H groups in total. The molecule has 41 heavy (non-hydrogen) atoms. The molecule has 1 saturated carbocycles. The number of pyridine rings is 1. The molecule has 2 aromatic carbocycles. The van der Waals surface area contributed by atoms with Crippen LogP contribution in [0.1, 0.15) is 39.5 Å². The van der Waals surface area contributed by atoms with Crippen molar-refractivity contribution < 1.29 is 13.2 Å². The average molecular weight is 581 g/mol. The molecule has 2 fully saturated rings. The molecule has 0 bridgehead atoms. The number of nitrogens with zero attached hydrogens (tertiary/aromatic N) is 4. The van der Waals surface area contributed by atoms with E-state index in [1.165, 1.54) is 28.8 Å². The van der Waals surface area contributed by atoms with Gasteiger partial charge in [0.25, 0.3) is 0 Å². The molecule has 3 heterocycles. The highest BCUT2D eigenvalue weighted by molar-refractivity contribution is 8.01. The largest absolute Gasteiger partial charge is 0.369 e. The maximum Gasteiger partial charge on any atom is 0.155 e. The zero-order chi connectivity index (χ0) is 28.8. The van der Waals surface area contributed by atoms with Crippen molar-refractivity contribution in [1.29, 1.82) is 0 Å². The van der Waals surface area contributed by atoms with Crippen molar-refractivity contribution in [3.63, 3.8) is 0 Å². The normalized spacial score (nSPS) is 15.5. The van der Waals surface area contributed by atoms with Gasteiger partial charge in [-0.1, -0.05) is 26.7 Å². The molecule has 0 spiro atoms. The highest BCUT2D eigenvalue weighted by atomic mass is 32.2. The van der Waals surface area contributed by atoms with Crippen LogP contribution < -0.4 is 14.9 Å². The molecule has 0 atom stereocenters. The van der Waals surface area contributed by atoms with Crippen LogP contribution in [0.5, 0.6) is 0 Å². The van der Waals surface area contributed by atoms with Crippen LogP contribution in [0, 0.1) is 17.5 Å². The highest BCUT2D eigenvalue weighted by Gasteiger charge is 2.23. The van der Waals surface area contributed by atoms with Gasteiger partial charge in [-0.25, -0.2) is 17.9 Å². The summed E-state index contributed by atoms with van der Waals surface area (Å²) in [5.74, 6) is -1.59. The van der Waals surface area contributed by atoms with Gasteiger partial charge in [-0.2, -0.15) is 5.10 Å². The van der Waals surface area contributed by atoms with E-state index in [9.17, 15) is 4.39 Å². The maximum atomic E-state index is 15.9. The number of halogens is 3. The molecule has 6 nitrogen and oxygen atoms in total. The summed E-state index contributed by atoms with van der Waals surface area (Å²) < 4.78 is 50.6. The molecule has 1 saturated heterocycles. The standard InChI is InChI=1S/C29H29F3N6S.C2H6/c30-20-15-23(28(32)26(16-20)36-39-22-3-1-2-4-22)24-18-38(35-29(24)19-7-9-33-10-8-19)27-6-5-21(17-25(27)31)37-13-11-34-12-14-37;1-2/h5-10,15-18,22,34,36H,1-4,11-14H2;1-2H3. The van der Waals surface area contributed by atoms with Crippen molar-refractivity contribution in [3.8, 4) is 28.1 Å². The third-order valence-corrected chi connectivity index (χ3v) is 8.44. The molecule has 2 aromatic heterocycles. The van der Waals surface area contributed by atoms with Gasteiger partial charge >= 0.3 is 0 Å². The van der Waals surface area contributed by atoms with Crippen molar-refractivity contribution in [2.45, 2.75) is 44.8 Å². The Morgan fingerprint density at radius 2 is 1.66 bits per heavy atom. The van der Waals surface area contributed by atoms with Crippen LogP contribution >= 0.6 is 11.9 Å². The van der Waals surface area contributed by atoms with E-state index in [1.54, 1.807) is 36.8 Å². The van der Waals surface area contributed by atoms with Crippen LogP contribution in [0.2, 0.25) is 0 Å². The fourth-order valence-corrected chi connectivity index (χ4v) is 6.24. The molecule has 1 aliphatic heterocycles. The maximum absolute atomic E-state index is 15.9. The first-order chi connectivity index (χ1) is 20.1. The smallest absolute Gasteiger partial charge is 0.155 e. The Hall–Kier alpha value is -3.50. The Balaban J connectivity index is 0.00000165. The lowest BCUT2D eigenvalue weighted by Gasteiger charge is -2.29. The summed E-state index contributed by atoms with van der Waals surface area (Å²) in [6, 6.07) is 10.9. The molecular formula is C31H35F3N6S. The molecule has 4 aromatic rings. The molecular weight excluding hydrogens is 545 g/mol. The van der Waals surface area contributed by atoms with E-state index in [1.807, 2.05) is 19.9 Å². The van der Waals surface area contributed by atoms with Gasteiger partial charge in [0.2, 0.25) is 0 Å². The second-order valence-corrected chi connectivity index (χ2v) is 11.0. The van der Waals surface area contributed by atoms with Gasteiger partial charge in [0, 0.05) is 78.5 Å². The SMILES string of the molecule is CC.Fc1cc(NSC2CCCC2)c(F)c(-c2cn(-c3ccc(N4CCNCC4)cc3F)nc2-c2ccncc2)c1. The first-order valence-corrected chi connectivity index (χ1v) is 15.1. The second-order valence-electron chi connectivity index (χ2n) is 9.89. The van der Waals surface area contributed by atoms with Crippen LogP contribution in [0.3, 0.4) is 0 Å². The van der Waals surface area contributed by atoms with Crippen molar-refractivity contribution in [2.75, 3.05) is 35.8 Å². The Morgan fingerprint density at radius 3 is 2.37 bits per heavy atom. The summed E-state index contributed by atoms with van der Waals surface area (Å²) in [5.41, 5.74) is 2.59. The van der Waals surface area contributed by atoms with Gasteiger partial charge in [0.1, 0.15) is 17.2 Å². The van der Waals surface area contributed by atoms with Gasteiger partial charge in [0.05, 0.1) is 5.69 Å². The topological polar surface area (TPSA) is 58.0 Å². The number of rotatable bonds is 7. The quantitative estimate of drug-likeness (QED) is 0.221. The minimum atomic E-state index is -0.578.